The molecule has 0 heteroatoms. The summed E-state index contributed by atoms with van der Waals surface area (Å²) >= 11 is 0. The van der Waals surface area contributed by atoms with E-state index in [1.165, 1.54) is 24.0 Å². The molecule has 0 saturated heterocycles. The Morgan fingerprint density at radius 2 is 2.07 bits per heavy atom. The molecule has 0 fully saturated rings. The monoisotopic (exact) mass is 198 g/mol. The molecule has 0 nitrogen and oxygen atoms in total. The highest BCUT2D eigenvalue weighted by Gasteiger charge is 2.31. The van der Waals surface area contributed by atoms with Gasteiger partial charge in [0.25, 0.3) is 0 Å². The van der Waals surface area contributed by atoms with Gasteiger partial charge in [0, 0.05) is 0 Å². The van der Waals surface area contributed by atoms with Crippen LogP contribution in [0.25, 0.3) is 5.57 Å². The van der Waals surface area contributed by atoms with Crippen LogP contribution in [0.4, 0.5) is 0 Å². The lowest BCUT2D eigenvalue weighted by molar-refractivity contribution is 0.441. The summed E-state index contributed by atoms with van der Waals surface area (Å²) in [5, 5.41) is 0. The van der Waals surface area contributed by atoms with Crippen molar-refractivity contribution in [2.75, 3.05) is 0 Å². The fourth-order valence-corrected chi connectivity index (χ4v) is 2.53. The van der Waals surface area contributed by atoms with Gasteiger partial charge >= 0.3 is 0 Å². The fourth-order valence-electron chi connectivity index (χ4n) is 2.53. The van der Waals surface area contributed by atoms with E-state index in [4.69, 9.17) is 0 Å². The van der Waals surface area contributed by atoms with Gasteiger partial charge in [-0.2, -0.15) is 0 Å². The molecule has 1 aromatic carbocycles. The van der Waals surface area contributed by atoms with Crippen molar-refractivity contribution < 1.29 is 0 Å². The second-order valence-corrected chi connectivity index (χ2v) is 4.58. The molecule has 1 aromatic rings. The number of benzene rings is 1. The lowest BCUT2D eigenvalue weighted by Crippen LogP contribution is -2.13. The van der Waals surface area contributed by atoms with Gasteiger partial charge in [0.15, 0.2) is 0 Å². The minimum absolute atomic E-state index is 0.309. The highest BCUT2D eigenvalue weighted by molar-refractivity contribution is 5.72. The van der Waals surface area contributed by atoms with E-state index in [1.807, 2.05) is 6.08 Å². The van der Waals surface area contributed by atoms with E-state index in [1.54, 1.807) is 0 Å². The Morgan fingerprint density at radius 1 is 1.33 bits per heavy atom. The van der Waals surface area contributed by atoms with Gasteiger partial charge in [0.05, 0.1) is 0 Å². The molecule has 1 unspecified atom stereocenters. The maximum Gasteiger partial charge on any atom is -0.00352 e. The smallest absolute Gasteiger partial charge is 0.00352 e. The number of hydrogen-bond donors (Lipinski definition) is 0. The first-order valence-corrected chi connectivity index (χ1v) is 5.63. The quantitative estimate of drug-likeness (QED) is 0.630. The van der Waals surface area contributed by atoms with Crippen LogP contribution in [0, 0.1) is 5.41 Å². The zero-order valence-electron chi connectivity index (χ0n) is 9.37. The average Bonchev–Trinajstić information content (AvgIpc) is 2.62. The van der Waals surface area contributed by atoms with E-state index < -0.39 is 0 Å². The van der Waals surface area contributed by atoms with Crippen molar-refractivity contribution >= 4 is 5.57 Å². The Balaban J connectivity index is 2.33. The fraction of sp³-hybridized carbons (Fsp3) is 0.333. The summed E-state index contributed by atoms with van der Waals surface area (Å²) in [5.74, 6) is 0. The van der Waals surface area contributed by atoms with Gasteiger partial charge in [-0.25, -0.2) is 0 Å². The normalized spacial score (nSPS) is 25.0. The molecular weight excluding hydrogens is 180 g/mol. The third kappa shape index (κ3) is 1.90. The molecule has 78 valence electrons. The first-order chi connectivity index (χ1) is 7.26. The van der Waals surface area contributed by atoms with Crippen LogP contribution in [0.5, 0.6) is 0 Å². The topological polar surface area (TPSA) is 0 Å². The average molecular weight is 198 g/mol. The van der Waals surface area contributed by atoms with Crippen LogP contribution in [0.1, 0.15) is 31.7 Å². The minimum Gasteiger partial charge on any atom is -0.103 e. The summed E-state index contributed by atoms with van der Waals surface area (Å²) < 4.78 is 0. The molecule has 0 amide bonds. The summed E-state index contributed by atoms with van der Waals surface area (Å²) in [7, 11) is 0. The predicted molar refractivity (Wildman–Crippen MR) is 66.6 cm³/mol. The molecule has 1 atom stereocenters. The molecule has 0 radical (unpaired) electrons. The molecule has 0 spiro atoms. The van der Waals surface area contributed by atoms with Gasteiger partial charge in [0.1, 0.15) is 0 Å². The summed E-state index contributed by atoms with van der Waals surface area (Å²) in [6, 6.07) is 10.7. The maximum atomic E-state index is 3.87. The van der Waals surface area contributed by atoms with Crippen LogP contribution in [0.15, 0.2) is 49.1 Å². The Bertz CT molecular complexity index is 372. The van der Waals surface area contributed by atoms with Crippen molar-refractivity contribution in [2.24, 2.45) is 5.41 Å². The van der Waals surface area contributed by atoms with Crippen LogP contribution < -0.4 is 0 Å². The molecular formula is C15H18. The number of allylic oxidation sites excluding steroid dienone is 3. The Labute approximate surface area is 92.3 Å². The van der Waals surface area contributed by atoms with E-state index in [-0.39, 0.29) is 0 Å². The third-order valence-corrected chi connectivity index (χ3v) is 3.37. The molecule has 0 saturated carbocycles. The highest BCUT2D eigenvalue weighted by Crippen LogP contribution is 2.46. The second kappa shape index (κ2) is 4.06. The molecule has 0 aliphatic heterocycles. The molecule has 1 aliphatic carbocycles. The highest BCUT2D eigenvalue weighted by atomic mass is 14.4. The van der Waals surface area contributed by atoms with Gasteiger partial charge < -0.3 is 0 Å². The first kappa shape index (κ1) is 10.2. The van der Waals surface area contributed by atoms with E-state index in [0.29, 0.717) is 5.41 Å². The van der Waals surface area contributed by atoms with Crippen molar-refractivity contribution in [3.63, 3.8) is 0 Å². The Kier molecular flexibility index (Phi) is 2.77. The standard InChI is InChI=1S/C15H18/c1-3-11-15(2)12-7-10-14(15)13-8-5-4-6-9-13/h3-6,8-10H,1,7,11-12H2,2H3. The Morgan fingerprint density at radius 3 is 2.73 bits per heavy atom. The largest absolute Gasteiger partial charge is 0.103 e. The zero-order chi connectivity index (χ0) is 10.7. The van der Waals surface area contributed by atoms with Gasteiger partial charge in [0.2, 0.25) is 0 Å². The molecule has 0 bridgehead atoms. The molecule has 0 N–H and O–H groups in total. The van der Waals surface area contributed by atoms with Crippen molar-refractivity contribution in [1.29, 1.82) is 0 Å². The van der Waals surface area contributed by atoms with E-state index in [0.717, 1.165) is 6.42 Å². The van der Waals surface area contributed by atoms with Crippen molar-refractivity contribution in [3.05, 3.63) is 54.6 Å². The minimum atomic E-state index is 0.309. The van der Waals surface area contributed by atoms with Crippen LogP contribution >= 0.6 is 0 Å². The molecule has 0 heterocycles. The van der Waals surface area contributed by atoms with E-state index in [9.17, 15) is 0 Å². The van der Waals surface area contributed by atoms with Gasteiger partial charge in [-0.15, -0.1) is 6.58 Å². The van der Waals surface area contributed by atoms with Crippen LogP contribution in [-0.2, 0) is 0 Å². The van der Waals surface area contributed by atoms with Crippen molar-refractivity contribution in [3.8, 4) is 0 Å². The summed E-state index contributed by atoms with van der Waals surface area (Å²) in [6.45, 7) is 6.22. The van der Waals surface area contributed by atoms with Crippen LogP contribution in [0.2, 0.25) is 0 Å². The second-order valence-electron chi connectivity index (χ2n) is 4.58. The lowest BCUT2D eigenvalue weighted by atomic mass is 9.77. The number of hydrogen-bond acceptors (Lipinski definition) is 0. The third-order valence-electron chi connectivity index (χ3n) is 3.37. The van der Waals surface area contributed by atoms with Crippen LogP contribution in [0.3, 0.4) is 0 Å². The maximum absolute atomic E-state index is 3.87. The van der Waals surface area contributed by atoms with Crippen molar-refractivity contribution in [2.45, 2.75) is 26.2 Å². The Hall–Kier alpha value is -1.30. The molecule has 2 rings (SSSR count). The number of rotatable bonds is 3. The van der Waals surface area contributed by atoms with E-state index in [2.05, 4.69) is 49.9 Å². The molecule has 1 aliphatic rings. The SMILES string of the molecule is C=CCC1(C)CCC=C1c1ccccc1. The van der Waals surface area contributed by atoms with Gasteiger partial charge in [-0.3, -0.25) is 0 Å². The van der Waals surface area contributed by atoms with Crippen LogP contribution in [-0.4, -0.2) is 0 Å². The first-order valence-electron chi connectivity index (χ1n) is 5.63. The lowest BCUT2D eigenvalue weighted by Gasteiger charge is -2.27. The van der Waals surface area contributed by atoms with Gasteiger partial charge in [-0.1, -0.05) is 49.4 Å². The zero-order valence-corrected chi connectivity index (χ0v) is 9.37. The predicted octanol–water partition coefficient (Wildman–Crippen LogP) is 4.45. The molecule has 0 aromatic heterocycles. The van der Waals surface area contributed by atoms with E-state index >= 15 is 0 Å². The molecule has 15 heavy (non-hydrogen) atoms. The summed E-state index contributed by atoms with van der Waals surface area (Å²) in [6.07, 6.45) is 7.96. The summed E-state index contributed by atoms with van der Waals surface area (Å²) in [4.78, 5) is 0. The van der Waals surface area contributed by atoms with Gasteiger partial charge in [-0.05, 0) is 35.8 Å². The summed E-state index contributed by atoms with van der Waals surface area (Å²) in [5.41, 5.74) is 3.19. The van der Waals surface area contributed by atoms with Crippen molar-refractivity contribution in [1.82, 2.24) is 0 Å².